The second kappa shape index (κ2) is 9.45. The van der Waals surface area contributed by atoms with Crippen LogP contribution in [0.25, 0.3) is 0 Å². The summed E-state index contributed by atoms with van der Waals surface area (Å²) in [7, 11) is 2.19. The molecule has 0 radical (unpaired) electrons. The van der Waals surface area contributed by atoms with Gasteiger partial charge >= 0.3 is 23.9 Å². The van der Waals surface area contributed by atoms with E-state index in [2.05, 4.69) is 14.5 Å². The Morgan fingerprint density at radius 1 is 0.720 bits per heavy atom. The fourth-order valence-electron chi connectivity index (χ4n) is 1.95. The number of nitrogens with one attached hydrogen (secondary N) is 1. The summed E-state index contributed by atoms with van der Waals surface area (Å²) in [6, 6.07) is 0. The Morgan fingerprint density at radius 2 is 1.08 bits per heavy atom. The lowest BCUT2D eigenvalue weighted by Gasteiger charge is -2.08. The van der Waals surface area contributed by atoms with Crippen LogP contribution in [-0.4, -0.2) is 56.3 Å². The molecule has 0 aliphatic rings. The molecule has 138 valence electrons. The molecule has 1 aromatic rings. The standard InChI is InChI=1S/C16H21NO8/c1-5-7-24-13(18)9-10(14(19)25-8-6-2)12(16(21)23-4)17-11(9)15(20)22-3/h17H,5-8H2,1-4H3. The van der Waals surface area contributed by atoms with Crippen LogP contribution < -0.4 is 0 Å². The van der Waals surface area contributed by atoms with E-state index in [1.165, 1.54) is 0 Å². The number of H-pyrrole nitrogens is 1. The lowest BCUT2D eigenvalue weighted by molar-refractivity contribution is 0.0447. The second-order valence-electron chi connectivity index (χ2n) is 4.88. The van der Waals surface area contributed by atoms with Gasteiger partial charge in [0.05, 0.1) is 27.4 Å². The predicted molar refractivity (Wildman–Crippen MR) is 84.6 cm³/mol. The van der Waals surface area contributed by atoms with Crippen molar-refractivity contribution < 1.29 is 38.1 Å². The monoisotopic (exact) mass is 355 g/mol. The van der Waals surface area contributed by atoms with Gasteiger partial charge in [-0.1, -0.05) is 13.8 Å². The average Bonchev–Trinajstić information content (AvgIpc) is 3.03. The van der Waals surface area contributed by atoms with Crippen LogP contribution in [-0.2, 0) is 18.9 Å². The van der Waals surface area contributed by atoms with Gasteiger partial charge in [0.25, 0.3) is 0 Å². The Labute approximate surface area is 144 Å². The number of aromatic amines is 1. The maximum absolute atomic E-state index is 12.4. The Morgan fingerprint density at radius 3 is 1.36 bits per heavy atom. The number of hydrogen-bond acceptors (Lipinski definition) is 8. The maximum Gasteiger partial charge on any atom is 0.355 e. The van der Waals surface area contributed by atoms with Gasteiger partial charge < -0.3 is 23.9 Å². The maximum atomic E-state index is 12.4. The van der Waals surface area contributed by atoms with Crippen LogP contribution in [0.4, 0.5) is 0 Å². The van der Waals surface area contributed by atoms with Gasteiger partial charge in [0.2, 0.25) is 0 Å². The van der Waals surface area contributed by atoms with Crippen molar-refractivity contribution in [3.63, 3.8) is 0 Å². The quantitative estimate of drug-likeness (QED) is 0.553. The van der Waals surface area contributed by atoms with Crippen molar-refractivity contribution in [3.05, 3.63) is 22.5 Å². The van der Waals surface area contributed by atoms with Crippen LogP contribution in [0.3, 0.4) is 0 Å². The van der Waals surface area contributed by atoms with E-state index in [-0.39, 0.29) is 24.6 Å². The zero-order chi connectivity index (χ0) is 19.0. The van der Waals surface area contributed by atoms with E-state index in [0.717, 1.165) is 14.2 Å². The molecular weight excluding hydrogens is 334 g/mol. The minimum Gasteiger partial charge on any atom is -0.464 e. The summed E-state index contributed by atoms with van der Waals surface area (Å²) in [5.41, 5.74) is -1.59. The first-order valence-electron chi connectivity index (χ1n) is 7.69. The number of carbonyl (C=O) groups is 4. The van der Waals surface area contributed by atoms with Crippen LogP contribution in [0.1, 0.15) is 68.4 Å². The molecule has 0 aromatic carbocycles. The molecule has 0 aliphatic heterocycles. The van der Waals surface area contributed by atoms with Crippen molar-refractivity contribution in [2.24, 2.45) is 0 Å². The van der Waals surface area contributed by atoms with Crippen LogP contribution in [0.2, 0.25) is 0 Å². The molecule has 0 saturated heterocycles. The topological polar surface area (TPSA) is 121 Å². The van der Waals surface area contributed by atoms with E-state index in [9.17, 15) is 19.2 Å². The molecule has 0 aliphatic carbocycles. The van der Waals surface area contributed by atoms with Crippen molar-refractivity contribution >= 4 is 23.9 Å². The number of carbonyl (C=O) groups excluding carboxylic acids is 4. The molecule has 1 rings (SSSR count). The van der Waals surface area contributed by atoms with Crippen molar-refractivity contribution in [1.82, 2.24) is 4.98 Å². The summed E-state index contributed by atoms with van der Waals surface area (Å²) >= 11 is 0. The van der Waals surface area contributed by atoms with E-state index in [4.69, 9.17) is 9.47 Å². The molecule has 1 aromatic heterocycles. The molecule has 9 nitrogen and oxygen atoms in total. The highest BCUT2D eigenvalue weighted by Gasteiger charge is 2.35. The lowest BCUT2D eigenvalue weighted by Crippen LogP contribution is -2.18. The van der Waals surface area contributed by atoms with Crippen molar-refractivity contribution in [2.75, 3.05) is 27.4 Å². The highest BCUT2D eigenvalue weighted by Crippen LogP contribution is 2.23. The van der Waals surface area contributed by atoms with E-state index in [0.29, 0.717) is 12.8 Å². The third-order valence-electron chi connectivity index (χ3n) is 3.06. The van der Waals surface area contributed by atoms with Gasteiger partial charge in [-0.05, 0) is 12.8 Å². The first-order chi connectivity index (χ1) is 11.9. The van der Waals surface area contributed by atoms with Gasteiger partial charge in [-0.3, -0.25) is 0 Å². The minimum absolute atomic E-state index is 0.0711. The molecule has 0 bridgehead atoms. The fraction of sp³-hybridized carbons (Fsp3) is 0.500. The molecule has 0 unspecified atom stereocenters. The van der Waals surface area contributed by atoms with Crippen LogP contribution >= 0.6 is 0 Å². The van der Waals surface area contributed by atoms with E-state index >= 15 is 0 Å². The molecule has 0 spiro atoms. The van der Waals surface area contributed by atoms with E-state index in [1.54, 1.807) is 13.8 Å². The smallest absolute Gasteiger partial charge is 0.355 e. The van der Waals surface area contributed by atoms with E-state index in [1.807, 2.05) is 0 Å². The number of methoxy groups -OCH3 is 2. The molecule has 0 fully saturated rings. The Bertz CT molecular complexity index is 607. The third kappa shape index (κ3) is 4.59. The van der Waals surface area contributed by atoms with Gasteiger partial charge in [-0.15, -0.1) is 0 Å². The molecule has 0 amide bonds. The third-order valence-corrected chi connectivity index (χ3v) is 3.06. The zero-order valence-corrected chi connectivity index (χ0v) is 14.6. The summed E-state index contributed by atoms with van der Waals surface area (Å²) in [5.74, 6) is -3.78. The lowest BCUT2D eigenvalue weighted by atomic mass is 10.1. The van der Waals surface area contributed by atoms with Gasteiger partial charge in [0, 0.05) is 0 Å². The predicted octanol–water partition coefficient (Wildman–Crippen LogP) is 1.72. The first-order valence-corrected chi connectivity index (χ1v) is 7.69. The Hall–Kier alpha value is -2.84. The summed E-state index contributed by atoms with van der Waals surface area (Å²) in [6.45, 7) is 3.70. The molecule has 25 heavy (non-hydrogen) atoms. The molecular formula is C16H21NO8. The van der Waals surface area contributed by atoms with Crippen LogP contribution in [0.15, 0.2) is 0 Å². The number of ether oxygens (including phenoxy) is 4. The van der Waals surface area contributed by atoms with Gasteiger partial charge in [-0.25, -0.2) is 19.2 Å². The Balaban J connectivity index is 3.56. The van der Waals surface area contributed by atoms with Crippen molar-refractivity contribution in [3.8, 4) is 0 Å². The summed E-state index contributed by atoms with van der Waals surface area (Å²) < 4.78 is 19.2. The highest BCUT2D eigenvalue weighted by molar-refractivity contribution is 6.15. The molecule has 1 N–H and O–H groups in total. The van der Waals surface area contributed by atoms with Gasteiger partial charge in [-0.2, -0.15) is 0 Å². The summed E-state index contributed by atoms with van der Waals surface area (Å²) in [6.07, 6.45) is 1.06. The van der Waals surface area contributed by atoms with Crippen molar-refractivity contribution in [1.29, 1.82) is 0 Å². The second-order valence-corrected chi connectivity index (χ2v) is 4.88. The molecule has 1 heterocycles. The van der Waals surface area contributed by atoms with Crippen molar-refractivity contribution in [2.45, 2.75) is 26.7 Å². The Kier molecular flexibility index (Phi) is 7.64. The number of rotatable bonds is 8. The van der Waals surface area contributed by atoms with Crippen LogP contribution in [0, 0.1) is 0 Å². The first kappa shape index (κ1) is 20.2. The van der Waals surface area contributed by atoms with Crippen LogP contribution in [0.5, 0.6) is 0 Å². The number of esters is 4. The minimum atomic E-state index is -0.947. The summed E-state index contributed by atoms with van der Waals surface area (Å²) in [4.78, 5) is 51.1. The molecule has 0 saturated carbocycles. The number of aromatic nitrogens is 1. The van der Waals surface area contributed by atoms with Gasteiger partial charge in [0.1, 0.15) is 22.5 Å². The van der Waals surface area contributed by atoms with E-state index < -0.39 is 35.0 Å². The average molecular weight is 355 g/mol. The normalized spacial score (nSPS) is 10.1. The SMILES string of the molecule is CCCOC(=O)c1c(C(=O)OC)[nH]c(C(=O)OC)c1C(=O)OCCC. The zero-order valence-electron chi connectivity index (χ0n) is 14.6. The largest absolute Gasteiger partial charge is 0.464 e. The highest BCUT2D eigenvalue weighted by atomic mass is 16.5. The molecule has 9 heteroatoms. The summed E-state index contributed by atoms with van der Waals surface area (Å²) in [5, 5.41) is 0. The fourth-order valence-corrected chi connectivity index (χ4v) is 1.95. The molecule has 0 atom stereocenters. The van der Waals surface area contributed by atoms with Gasteiger partial charge in [0.15, 0.2) is 0 Å². The number of hydrogen-bond donors (Lipinski definition) is 1.